The molecule has 2 aromatic heterocycles. The monoisotopic (exact) mass is 287 g/mol. The molecular formula is C16H25N5. The normalized spacial score (nSPS) is 17.4. The van der Waals surface area contributed by atoms with Crippen molar-refractivity contribution in [2.75, 3.05) is 0 Å². The molecule has 114 valence electrons. The van der Waals surface area contributed by atoms with Crippen molar-refractivity contribution in [2.45, 2.75) is 64.7 Å². The molecular weight excluding hydrogens is 262 g/mol. The lowest BCUT2D eigenvalue weighted by Gasteiger charge is -2.11. The summed E-state index contributed by atoms with van der Waals surface area (Å²) < 4.78 is 4.11. The summed E-state index contributed by atoms with van der Waals surface area (Å²) in [4.78, 5) is 0. The van der Waals surface area contributed by atoms with E-state index in [0.29, 0.717) is 6.04 Å². The molecule has 21 heavy (non-hydrogen) atoms. The van der Waals surface area contributed by atoms with Gasteiger partial charge in [-0.3, -0.25) is 9.36 Å². The highest BCUT2D eigenvalue weighted by Crippen LogP contribution is 2.28. The molecule has 3 rings (SSSR count). The summed E-state index contributed by atoms with van der Waals surface area (Å²) >= 11 is 0. The molecule has 1 aliphatic rings. The Kier molecular flexibility index (Phi) is 4.39. The molecule has 2 aromatic rings. The molecule has 1 unspecified atom stereocenters. The van der Waals surface area contributed by atoms with Gasteiger partial charge in [-0.15, -0.1) is 0 Å². The third-order valence-corrected chi connectivity index (χ3v) is 4.38. The van der Waals surface area contributed by atoms with E-state index in [1.165, 1.54) is 25.7 Å². The van der Waals surface area contributed by atoms with Crippen molar-refractivity contribution < 1.29 is 0 Å². The van der Waals surface area contributed by atoms with Gasteiger partial charge in [0.05, 0.1) is 17.4 Å². The summed E-state index contributed by atoms with van der Waals surface area (Å²) in [5.41, 5.74) is 2.20. The molecule has 0 radical (unpaired) electrons. The van der Waals surface area contributed by atoms with Crippen LogP contribution in [0.25, 0.3) is 0 Å². The zero-order chi connectivity index (χ0) is 14.7. The predicted octanol–water partition coefficient (Wildman–Crippen LogP) is 3.07. The van der Waals surface area contributed by atoms with Gasteiger partial charge in [0, 0.05) is 31.5 Å². The molecule has 0 spiro atoms. The zero-order valence-electron chi connectivity index (χ0n) is 13.0. The predicted molar refractivity (Wildman–Crippen MR) is 82.9 cm³/mol. The van der Waals surface area contributed by atoms with Gasteiger partial charge >= 0.3 is 0 Å². The molecule has 0 bridgehead atoms. The van der Waals surface area contributed by atoms with Gasteiger partial charge in [0.25, 0.3) is 0 Å². The van der Waals surface area contributed by atoms with Crippen molar-refractivity contribution in [2.24, 2.45) is 0 Å². The van der Waals surface area contributed by atoms with Crippen LogP contribution in [0.1, 0.15) is 63.0 Å². The Balaban J connectivity index is 1.54. The fraction of sp³-hybridized carbons (Fsp3) is 0.625. The average Bonchev–Trinajstić information content (AvgIpc) is 3.24. The molecule has 1 atom stereocenters. The lowest BCUT2D eigenvalue weighted by molar-refractivity contribution is 0.457. The maximum atomic E-state index is 4.71. The first-order chi connectivity index (χ1) is 10.3. The molecule has 0 aromatic carbocycles. The second kappa shape index (κ2) is 6.43. The van der Waals surface area contributed by atoms with E-state index in [1.54, 1.807) is 0 Å². The van der Waals surface area contributed by atoms with E-state index in [-0.39, 0.29) is 6.04 Å². The number of aryl methyl sites for hydroxylation is 1. The summed E-state index contributed by atoms with van der Waals surface area (Å²) in [6.45, 7) is 5.96. The van der Waals surface area contributed by atoms with E-state index >= 15 is 0 Å². The molecule has 0 aliphatic heterocycles. The summed E-state index contributed by atoms with van der Waals surface area (Å²) in [7, 11) is 0. The molecule has 5 heteroatoms. The molecule has 1 saturated carbocycles. The third kappa shape index (κ3) is 3.35. The first-order valence-corrected chi connectivity index (χ1v) is 8.07. The van der Waals surface area contributed by atoms with Gasteiger partial charge in [0.15, 0.2) is 0 Å². The van der Waals surface area contributed by atoms with Gasteiger partial charge in [-0.25, -0.2) is 0 Å². The molecule has 1 N–H and O–H groups in total. The van der Waals surface area contributed by atoms with Crippen LogP contribution in [0.15, 0.2) is 24.5 Å². The largest absolute Gasteiger partial charge is 0.303 e. The first-order valence-electron chi connectivity index (χ1n) is 8.07. The molecule has 1 fully saturated rings. The second-order valence-corrected chi connectivity index (χ2v) is 5.92. The zero-order valence-corrected chi connectivity index (χ0v) is 13.0. The van der Waals surface area contributed by atoms with Crippen molar-refractivity contribution in [3.63, 3.8) is 0 Å². The maximum Gasteiger partial charge on any atom is 0.0791 e. The van der Waals surface area contributed by atoms with Crippen LogP contribution in [0.5, 0.6) is 0 Å². The van der Waals surface area contributed by atoms with Crippen LogP contribution in [-0.2, 0) is 13.1 Å². The van der Waals surface area contributed by atoms with Crippen LogP contribution >= 0.6 is 0 Å². The minimum absolute atomic E-state index is 0.245. The number of nitrogens with one attached hydrogen (secondary N) is 1. The Morgan fingerprint density at radius 3 is 2.76 bits per heavy atom. The molecule has 1 aliphatic carbocycles. The number of hydrogen-bond acceptors (Lipinski definition) is 3. The standard InChI is InChI=1S/C16H25N5/c1-3-20-10-9-16(19-20)13(2)17-12-14-8-11-21(18-14)15-6-4-5-7-15/h8-11,13,15,17H,3-7,12H2,1-2H3. The first kappa shape index (κ1) is 14.3. The summed E-state index contributed by atoms with van der Waals surface area (Å²) in [5.74, 6) is 0. The Labute approximate surface area is 126 Å². The Morgan fingerprint density at radius 1 is 1.24 bits per heavy atom. The third-order valence-electron chi connectivity index (χ3n) is 4.38. The van der Waals surface area contributed by atoms with Crippen LogP contribution in [0, 0.1) is 0 Å². The quantitative estimate of drug-likeness (QED) is 0.888. The lowest BCUT2D eigenvalue weighted by atomic mass is 10.2. The molecule has 2 heterocycles. The topological polar surface area (TPSA) is 47.7 Å². The smallest absolute Gasteiger partial charge is 0.0791 e. The van der Waals surface area contributed by atoms with Crippen molar-refractivity contribution >= 4 is 0 Å². The highest BCUT2D eigenvalue weighted by molar-refractivity contribution is 5.06. The van der Waals surface area contributed by atoms with E-state index in [4.69, 9.17) is 5.10 Å². The second-order valence-electron chi connectivity index (χ2n) is 5.92. The Bertz CT molecular complexity index is 565. The average molecular weight is 287 g/mol. The minimum atomic E-state index is 0.245. The van der Waals surface area contributed by atoms with Crippen molar-refractivity contribution in [3.8, 4) is 0 Å². The minimum Gasteiger partial charge on any atom is -0.303 e. The van der Waals surface area contributed by atoms with Crippen LogP contribution in [0.4, 0.5) is 0 Å². The molecule has 0 saturated heterocycles. The highest BCUT2D eigenvalue weighted by atomic mass is 15.3. The summed E-state index contributed by atoms with van der Waals surface area (Å²) in [5, 5.41) is 12.8. The number of aromatic nitrogens is 4. The van der Waals surface area contributed by atoms with Crippen LogP contribution in [0.3, 0.4) is 0 Å². The Hall–Kier alpha value is -1.62. The molecule has 0 amide bonds. The van der Waals surface area contributed by atoms with E-state index in [1.807, 2.05) is 10.9 Å². The van der Waals surface area contributed by atoms with Gasteiger partial charge in [-0.1, -0.05) is 12.8 Å². The Morgan fingerprint density at radius 2 is 2.05 bits per heavy atom. The van der Waals surface area contributed by atoms with Crippen LogP contribution in [0.2, 0.25) is 0 Å². The van der Waals surface area contributed by atoms with Crippen LogP contribution in [-0.4, -0.2) is 19.6 Å². The van der Waals surface area contributed by atoms with Gasteiger partial charge < -0.3 is 5.32 Å². The fourth-order valence-electron chi connectivity index (χ4n) is 2.99. The van der Waals surface area contributed by atoms with E-state index in [0.717, 1.165) is 24.5 Å². The SMILES string of the molecule is CCn1ccc(C(C)NCc2ccn(C3CCCC3)n2)n1. The van der Waals surface area contributed by atoms with Gasteiger partial charge in [0.2, 0.25) is 0 Å². The maximum absolute atomic E-state index is 4.71. The van der Waals surface area contributed by atoms with Crippen LogP contribution < -0.4 is 5.32 Å². The molecule has 5 nitrogen and oxygen atoms in total. The van der Waals surface area contributed by atoms with Crippen molar-refractivity contribution in [1.29, 1.82) is 0 Å². The lowest BCUT2D eigenvalue weighted by Crippen LogP contribution is -2.19. The van der Waals surface area contributed by atoms with E-state index in [9.17, 15) is 0 Å². The van der Waals surface area contributed by atoms with Gasteiger partial charge in [0.1, 0.15) is 0 Å². The number of nitrogens with zero attached hydrogens (tertiary/aromatic N) is 4. The van der Waals surface area contributed by atoms with Crippen molar-refractivity contribution in [3.05, 3.63) is 35.9 Å². The fourth-order valence-corrected chi connectivity index (χ4v) is 2.99. The van der Waals surface area contributed by atoms with Gasteiger partial charge in [-0.2, -0.15) is 10.2 Å². The summed E-state index contributed by atoms with van der Waals surface area (Å²) in [6.07, 6.45) is 9.40. The number of rotatable bonds is 6. The van der Waals surface area contributed by atoms with E-state index in [2.05, 4.69) is 47.3 Å². The van der Waals surface area contributed by atoms with Crippen molar-refractivity contribution in [1.82, 2.24) is 24.9 Å². The van der Waals surface area contributed by atoms with E-state index < -0.39 is 0 Å². The van der Waals surface area contributed by atoms with Gasteiger partial charge in [-0.05, 0) is 38.8 Å². The number of hydrogen-bond donors (Lipinski definition) is 1. The summed E-state index contributed by atoms with van der Waals surface area (Å²) in [6, 6.07) is 5.08. The highest BCUT2D eigenvalue weighted by Gasteiger charge is 2.17.